The summed E-state index contributed by atoms with van der Waals surface area (Å²) in [5.41, 5.74) is 1.68. The highest BCUT2D eigenvalue weighted by Crippen LogP contribution is 2.21. The molecule has 0 radical (unpaired) electrons. The number of hydrogen-bond donors (Lipinski definition) is 3. The smallest absolute Gasteiger partial charge is 0.332 e. The van der Waals surface area contributed by atoms with Crippen molar-refractivity contribution in [2.24, 2.45) is 0 Å². The lowest BCUT2D eigenvalue weighted by Gasteiger charge is -2.14. The number of halogens is 1. The van der Waals surface area contributed by atoms with Crippen molar-refractivity contribution in [3.63, 3.8) is 0 Å². The first-order chi connectivity index (χ1) is 9.95. The Morgan fingerprint density at radius 2 is 2.19 bits per heavy atom. The van der Waals surface area contributed by atoms with Gasteiger partial charge in [0.25, 0.3) is 0 Å². The molecule has 1 aliphatic rings. The van der Waals surface area contributed by atoms with Crippen LogP contribution in [0, 0.1) is 6.92 Å². The van der Waals surface area contributed by atoms with E-state index in [1.807, 2.05) is 25.1 Å². The van der Waals surface area contributed by atoms with Gasteiger partial charge in [0.15, 0.2) is 6.10 Å². The molecule has 2 atom stereocenters. The van der Waals surface area contributed by atoms with Gasteiger partial charge in [0.05, 0.1) is 6.10 Å². The molecule has 0 saturated carbocycles. The normalized spacial score (nSPS) is 21.0. The van der Waals surface area contributed by atoms with Gasteiger partial charge in [-0.25, -0.2) is 9.59 Å². The number of anilines is 1. The van der Waals surface area contributed by atoms with Crippen LogP contribution < -0.4 is 10.6 Å². The number of carbonyl (C=O) groups excluding carboxylic acids is 1. The summed E-state index contributed by atoms with van der Waals surface area (Å²) in [5, 5.41) is 14.3. The van der Waals surface area contributed by atoms with Crippen LogP contribution in [0.2, 0.25) is 0 Å². The third-order valence-electron chi connectivity index (χ3n) is 3.32. The SMILES string of the molecule is Cc1ccc(Br)cc1NC(=O)NCC1CCC(C(=O)O)O1. The number of carboxylic acids is 1. The minimum atomic E-state index is -0.952. The van der Waals surface area contributed by atoms with Gasteiger partial charge in [-0.3, -0.25) is 0 Å². The Hall–Kier alpha value is -1.60. The topological polar surface area (TPSA) is 87.7 Å². The third-order valence-corrected chi connectivity index (χ3v) is 3.81. The molecule has 0 bridgehead atoms. The lowest BCUT2D eigenvalue weighted by molar-refractivity contribution is -0.149. The summed E-state index contributed by atoms with van der Waals surface area (Å²) >= 11 is 3.35. The molecule has 3 N–H and O–H groups in total. The molecular weight excluding hydrogens is 340 g/mol. The van der Waals surface area contributed by atoms with E-state index in [9.17, 15) is 9.59 Å². The second kappa shape index (κ2) is 6.91. The van der Waals surface area contributed by atoms with Gasteiger partial charge in [0, 0.05) is 16.7 Å². The van der Waals surface area contributed by atoms with Crippen LogP contribution in [0.1, 0.15) is 18.4 Å². The Morgan fingerprint density at radius 1 is 1.43 bits per heavy atom. The zero-order chi connectivity index (χ0) is 15.4. The second-order valence-electron chi connectivity index (χ2n) is 4.96. The van der Waals surface area contributed by atoms with Crippen molar-refractivity contribution in [2.45, 2.75) is 32.0 Å². The molecule has 7 heteroatoms. The number of aryl methyl sites for hydroxylation is 1. The maximum absolute atomic E-state index is 11.8. The number of rotatable bonds is 4. The summed E-state index contributed by atoms with van der Waals surface area (Å²) in [5.74, 6) is -0.952. The summed E-state index contributed by atoms with van der Waals surface area (Å²) < 4.78 is 6.20. The van der Waals surface area contributed by atoms with Crippen molar-refractivity contribution in [1.29, 1.82) is 0 Å². The summed E-state index contributed by atoms with van der Waals surface area (Å²) in [6, 6.07) is 5.29. The maximum Gasteiger partial charge on any atom is 0.332 e. The van der Waals surface area contributed by atoms with Crippen molar-refractivity contribution >= 4 is 33.6 Å². The molecule has 1 heterocycles. The largest absolute Gasteiger partial charge is 0.479 e. The van der Waals surface area contributed by atoms with Crippen molar-refractivity contribution in [3.8, 4) is 0 Å². The fraction of sp³-hybridized carbons (Fsp3) is 0.429. The lowest BCUT2D eigenvalue weighted by Crippen LogP contribution is -2.36. The first-order valence-corrected chi connectivity index (χ1v) is 7.44. The Morgan fingerprint density at radius 3 is 2.86 bits per heavy atom. The number of amides is 2. The van der Waals surface area contributed by atoms with Crippen LogP contribution in [0.25, 0.3) is 0 Å². The number of benzene rings is 1. The summed E-state index contributed by atoms with van der Waals surface area (Å²) in [6.45, 7) is 2.20. The molecule has 1 aliphatic heterocycles. The van der Waals surface area contributed by atoms with Crippen molar-refractivity contribution in [3.05, 3.63) is 28.2 Å². The van der Waals surface area contributed by atoms with Crippen LogP contribution in [-0.2, 0) is 9.53 Å². The Kier molecular flexibility index (Phi) is 5.19. The molecule has 0 spiro atoms. The molecule has 6 nitrogen and oxygen atoms in total. The molecule has 2 unspecified atom stereocenters. The molecule has 0 aromatic heterocycles. The van der Waals surface area contributed by atoms with Gasteiger partial charge in [-0.15, -0.1) is 0 Å². The number of urea groups is 1. The molecule has 1 saturated heterocycles. The minimum Gasteiger partial charge on any atom is -0.479 e. The number of hydrogen-bond acceptors (Lipinski definition) is 3. The van der Waals surface area contributed by atoms with Gasteiger partial charge in [-0.2, -0.15) is 0 Å². The number of carbonyl (C=O) groups is 2. The monoisotopic (exact) mass is 356 g/mol. The first-order valence-electron chi connectivity index (χ1n) is 6.65. The summed E-state index contributed by atoms with van der Waals surface area (Å²) in [6.07, 6.45) is 0.105. The van der Waals surface area contributed by atoms with Crippen molar-refractivity contribution < 1.29 is 19.4 Å². The van der Waals surface area contributed by atoms with Crippen LogP contribution in [0.3, 0.4) is 0 Å². The van der Waals surface area contributed by atoms with Gasteiger partial charge in [0.1, 0.15) is 0 Å². The zero-order valence-electron chi connectivity index (χ0n) is 11.6. The Labute approximate surface area is 131 Å². The highest BCUT2D eigenvalue weighted by Gasteiger charge is 2.30. The van der Waals surface area contributed by atoms with E-state index >= 15 is 0 Å². The Bertz CT molecular complexity index is 550. The van der Waals surface area contributed by atoms with E-state index in [0.29, 0.717) is 19.4 Å². The quantitative estimate of drug-likeness (QED) is 0.773. The van der Waals surface area contributed by atoms with Gasteiger partial charge in [-0.05, 0) is 37.5 Å². The average molecular weight is 357 g/mol. The van der Waals surface area contributed by atoms with Crippen LogP contribution >= 0.6 is 15.9 Å². The van der Waals surface area contributed by atoms with Crippen LogP contribution in [0.4, 0.5) is 10.5 Å². The zero-order valence-corrected chi connectivity index (χ0v) is 13.1. The maximum atomic E-state index is 11.8. The molecule has 2 amide bonds. The fourth-order valence-corrected chi connectivity index (χ4v) is 2.50. The van der Waals surface area contributed by atoms with E-state index in [-0.39, 0.29) is 12.1 Å². The molecule has 1 fully saturated rings. The molecule has 114 valence electrons. The predicted molar refractivity (Wildman–Crippen MR) is 81.4 cm³/mol. The van der Waals surface area contributed by atoms with Crippen LogP contribution in [-0.4, -0.2) is 35.9 Å². The van der Waals surface area contributed by atoms with Gasteiger partial charge >= 0.3 is 12.0 Å². The van der Waals surface area contributed by atoms with E-state index < -0.39 is 12.1 Å². The minimum absolute atomic E-state index is 0.250. The lowest BCUT2D eigenvalue weighted by atomic mass is 10.2. The standard InChI is InChI=1S/C14H17BrN2O4/c1-8-2-3-9(15)6-11(8)17-14(20)16-7-10-4-5-12(21-10)13(18)19/h2-3,6,10,12H,4-5,7H2,1H3,(H,18,19)(H2,16,17,20). The van der Waals surface area contributed by atoms with E-state index in [1.54, 1.807) is 0 Å². The highest BCUT2D eigenvalue weighted by molar-refractivity contribution is 9.10. The first kappa shape index (κ1) is 15.8. The summed E-state index contributed by atoms with van der Waals surface area (Å²) in [7, 11) is 0. The molecule has 21 heavy (non-hydrogen) atoms. The number of nitrogens with one attached hydrogen (secondary N) is 2. The molecular formula is C14H17BrN2O4. The predicted octanol–water partition coefficient (Wildman–Crippen LogP) is 2.51. The van der Waals surface area contributed by atoms with Gasteiger partial charge in [-0.1, -0.05) is 22.0 Å². The molecule has 2 rings (SSSR count). The van der Waals surface area contributed by atoms with E-state index in [0.717, 1.165) is 15.7 Å². The van der Waals surface area contributed by atoms with Crippen molar-refractivity contribution in [2.75, 3.05) is 11.9 Å². The highest BCUT2D eigenvalue weighted by atomic mass is 79.9. The molecule has 1 aromatic rings. The summed E-state index contributed by atoms with van der Waals surface area (Å²) in [4.78, 5) is 22.6. The van der Waals surface area contributed by atoms with Gasteiger partial charge < -0.3 is 20.5 Å². The fourth-order valence-electron chi connectivity index (χ4n) is 2.14. The second-order valence-corrected chi connectivity index (χ2v) is 5.87. The van der Waals surface area contributed by atoms with Crippen LogP contribution in [0.15, 0.2) is 22.7 Å². The van der Waals surface area contributed by atoms with E-state index in [1.165, 1.54) is 0 Å². The third kappa shape index (κ3) is 4.44. The van der Waals surface area contributed by atoms with Gasteiger partial charge in [0.2, 0.25) is 0 Å². The van der Waals surface area contributed by atoms with Crippen molar-refractivity contribution in [1.82, 2.24) is 5.32 Å². The number of aliphatic carboxylic acids is 1. The Balaban J connectivity index is 1.80. The number of ether oxygens (including phenoxy) is 1. The average Bonchev–Trinajstić information content (AvgIpc) is 2.90. The molecule has 1 aromatic carbocycles. The number of carboxylic acid groups (broad SMARTS) is 1. The molecule has 0 aliphatic carbocycles. The van der Waals surface area contributed by atoms with E-state index in [2.05, 4.69) is 26.6 Å². The van der Waals surface area contributed by atoms with Crippen LogP contribution in [0.5, 0.6) is 0 Å². The van der Waals surface area contributed by atoms with E-state index in [4.69, 9.17) is 9.84 Å².